The molecule has 2 rings (SSSR count). The van der Waals surface area contributed by atoms with Gasteiger partial charge in [0.2, 0.25) is 0 Å². The molecule has 0 amide bonds. The van der Waals surface area contributed by atoms with Crippen molar-refractivity contribution in [3.63, 3.8) is 0 Å². The van der Waals surface area contributed by atoms with Gasteiger partial charge in [-0.2, -0.15) is 0 Å². The Balaban J connectivity index is 2.88. The van der Waals surface area contributed by atoms with E-state index in [4.69, 9.17) is 11.5 Å². The molecule has 0 saturated heterocycles. The van der Waals surface area contributed by atoms with Crippen LogP contribution in [0.2, 0.25) is 0 Å². The van der Waals surface area contributed by atoms with Crippen molar-refractivity contribution in [2.75, 3.05) is 17.7 Å². The smallest absolute Gasteiger partial charge is 0.0584 e. The molecule has 0 fully saturated rings. The highest BCUT2D eigenvalue weighted by Crippen LogP contribution is 2.38. The van der Waals surface area contributed by atoms with Gasteiger partial charge in [0.1, 0.15) is 0 Å². The van der Waals surface area contributed by atoms with Crippen LogP contribution in [0, 0.1) is 0 Å². The monoisotopic (exact) mass is 210 g/mol. The molecule has 1 heterocycles. The summed E-state index contributed by atoms with van der Waals surface area (Å²) in [6.45, 7) is 0. The number of nitrogen functional groups attached to an aromatic ring is 2. The third-order valence-corrected chi connectivity index (χ3v) is 3.78. The van der Waals surface area contributed by atoms with Gasteiger partial charge in [-0.15, -0.1) is 23.1 Å². The van der Waals surface area contributed by atoms with E-state index in [-0.39, 0.29) is 0 Å². The molecule has 2 aromatic rings. The van der Waals surface area contributed by atoms with E-state index in [2.05, 4.69) is 6.07 Å². The van der Waals surface area contributed by atoms with Gasteiger partial charge in [-0.1, -0.05) is 0 Å². The minimum atomic E-state index is 0.774. The molecule has 0 aliphatic heterocycles. The first-order valence-electron chi connectivity index (χ1n) is 3.83. The van der Waals surface area contributed by atoms with Gasteiger partial charge >= 0.3 is 0 Å². The molecule has 68 valence electrons. The molecule has 0 saturated carbocycles. The largest absolute Gasteiger partial charge is 0.398 e. The van der Waals surface area contributed by atoms with Crippen LogP contribution in [0.4, 0.5) is 11.4 Å². The summed E-state index contributed by atoms with van der Waals surface area (Å²) in [5.41, 5.74) is 13.3. The summed E-state index contributed by atoms with van der Waals surface area (Å²) in [7, 11) is 0. The molecule has 1 aromatic heterocycles. The Labute approximate surface area is 84.9 Å². The number of hydrogen-bond acceptors (Lipinski definition) is 4. The number of thiophene rings is 1. The maximum Gasteiger partial charge on any atom is 0.0584 e. The Kier molecular flexibility index (Phi) is 2.09. The first kappa shape index (κ1) is 8.72. The molecular formula is C9H10N2S2. The van der Waals surface area contributed by atoms with Crippen LogP contribution in [-0.4, -0.2) is 6.26 Å². The van der Waals surface area contributed by atoms with Crippen LogP contribution < -0.4 is 11.5 Å². The Morgan fingerprint density at radius 1 is 1.31 bits per heavy atom. The van der Waals surface area contributed by atoms with Gasteiger partial charge in [-0.05, 0) is 23.8 Å². The number of hydrogen-bond donors (Lipinski definition) is 2. The van der Waals surface area contributed by atoms with Crippen molar-refractivity contribution in [2.24, 2.45) is 0 Å². The number of benzene rings is 1. The highest BCUT2D eigenvalue weighted by Gasteiger charge is 2.08. The van der Waals surface area contributed by atoms with Gasteiger partial charge < -0.3 is 11.5 Å². The van der Waals surface area contributed by atoms with E-state index in [1.807, 2.05) is 17.7 Å². The Morgan fingerprint density at radius 3 is 2.77 bits per heavy atom. The highest BCUT2D eigenvalue weighted by atomic mass is 32.2. The second-order valence-electron chi connectivity index (χ2n) is 2.75. The number of thioether (sulfide) groups is 1. The zero-order valence-electron chi connectivity index (χ0n) is 7.20. The van der Waals surface area contributed by atoms with Crippen molar-refractivity contribution in [1.82, 2.24) is 0 Å². The molecule has 0 atom stereocenters. The lowest BCUT2D eigenvalue weighted by Crippen LogP contribution is -1.92. The van der Waals surface area contributed by atoms with Gasteiger partial charge in [0.25, 0.3) is 0 Å². The fraction of sp³-hybridized carbons (Fsp3) is 0.111. The van der Waals surface area contributed by atoms with Crippen LogP contribution in [-0.2, 0) is 0 Å². The number of nitrogens with two attached hydrogens (primary N) is 2. The number of rotatable bonds is 1. The second-order valence-corrected chi connectivity index (χ2v) is 4.48. The summed E-state index contributed by atoms with van der Waals surface area (Å²) < 4.78 is 1.14. The van der Waals surface area contributed by atoms with Crippen molar-refractivity contribution >= 4 is 44.6 Å². The first-order valence-corrected chi connectivity index (χ1v) is 5.93. The minimum absolute atomic E-state index is 0.774. The van der Waals surface area contributed by atoms with Gasteiger partial charge in [0.15, 0.2) is 0 Å². The topological polar surface area (TPSA) is 52.0 Å². The van der Waals surface area contributed by atoms with Crippen molar-refractivity contribution in [1.29, 1.82) is 0 Å². The predicted molar refractivity (Wildman–Crippen MR) is 62.4 cm³/mol. The summed E-state index contributed by atoms with van der Waals surface area (Å²) in [5, 5.41) is 3.22. The first-order chi connectivity index (χ1) is 6.24. The van der Waals surface area contributed by atoms with Crippen molar-refractivity contribution in [2.45, 2.75) is 4.90 Å². The van der Waals surface area contributed by atoms with Gasteiger partial charge in [-0.25, -0.2) is 0 Å². The van der Waals surface area contributed by atoms with E-state index in [0.717, 1.165) is 21.0 Å². The maximum atomic E-state index is 5.86. The molecular weight excluding hydrogens is 200 g/mol. The molecule has 0 aliphatic carbocycles. The second kappa shape index (κ2) is 3.12. The lowest BCUT2D eigenvalue weighted by Gasteiger charge is -2.05. The van der Waals surface area contributed by atoms with E-state index in [9.17, 15) is 0 Å². The Bertz CT molecular complexity index is 448. The highest BCUT2D eigenvalue weighted by molar-refractivity contribution is 7.99. The van der Waals surface area contributed by atoms with E-state index >= 15 is 0 Å². The van der Waals surface area contributed by atoms with E-state index in [1.165, 1.54) is 5.39 Å². The zero-order chi connectivity index (χ0) is 9.42. The fourth-order valence-electron chi connectivity index (χ4n) is 1.39. The minimum Gasteiger partial charge on any atom is -0.398 e. The Hall–Kier alpha value is -0.870. The molecule has 4 heteroatoms. The number of anilines is 2. The summed E-state index contributed by atoms with van der Waals surface area (Å²) in [6, 6.07) is 3.91. The van der Waals surface area contributed by atoms with Crippen molar-refractivity contribution in [3.05, 3.63) is 17.5 Å². The Morgan fingerprint density at radius 2 is 2.08 bits per heavy atom. The van der Waals surface area contributed by atoms with Crippen LogP contribution in [0.15, 0.2) is 22.4 Å². The molecule has 0 aliphatic rings. The summed E-state index contributed by atoms with van der Waals surface area (Å²) in [4.78, 5) is 1.13. The average Bonchev–Trinajstić information content (AvgIpc) is 2.53. The predicted octanol–water partition coefficient (Wildman–Crippen LogP) is 2.79. The van der Waals surface area contributed by atoms with Gasteiger partial charge in [0, 0.05) is 16.0 Å². The van der Waals surface area contributed by atoms with Crippen LogP contribution in [0.3, 0.4) is 0 Å². The molecule has 13 heavy (non-hydrogen) atoms. The zero-order valence-corrected chi connectivity index (χ0v) is 8.84. The van der Waals surface area contributed by atoms with Gasteiger partial charge in [-0.3, -0.25) is 0 Å². The fourth-order valence-corrected chi connectivity index (χ4v) is 2.98. The number of fused-ring (bicyclic) bond motifs is 1. The molecule has 0 unspecified atom stereocenters. The van der Waals surface area contributed by atoms with Crippen LogP contribution in [0.5, 0.6) is 0 Å². The lowest BCUT2D eigenvalue weighted by molar-refractivity contribution is 1.56. The lowest BCUT2D eigenvalue weighted by atomic mass is 10.2. The van der Waals surface area contributed by atoms with Gasteiger partial charge in [0.05, 0.1) is 10.4 Å². The van der Waals surface area contributed by atoms with Crippen molar-refractivity contribution in [3.8, 4) is 0 Å². The molecule has 0 radical (unpaired) electrons. The standard InChI is InChI=1S/C9H10N2S2/c1-12-8-5-2-3-13-9(5)7(11)4-6(8)10/h2-4H,10-11H2,1H3. The van der Waals surface area contributed by atoms with E-state index < -0.39 is 0 Å². The quantitative estimate of drug-likeness (QED) is 0.562. The average molecular weight is 210 g/mol. The van der Waals surface area contributed by atoms with E-state index in [0.29, 0.717) is 0 Å². The molecule has 0 bridgehead atoms. The van der Waals surface area contributed by atoms with Crippen LogP contribution in [0.1, 0.15) is 0 Å². The van der Waals surface area contributed by atoms with Crippen LogP contribution >= 0.6 is 23.1 Å². The van der Waals surface area contributed by atoms with E-state index in [1.54, 1.807) is 23.1 Å². The molecule has 1 aromatic carbocycles. The van der Waals surface area contributed by atoms with Crippen LogP contribution in [0.25, 0.3) is 10.1 Å². The van der Waals surface area contributed by atoms with Crippen molar-refractivity contribution < 1.29 is 0 Å². The SMILES string of the molecule is CSc1c(N)cc(N)c2sccc12. The third kappa shape index (κ3) is 1.26. The summed E-state index contributed by atoms with van der Waals surface area (Å²) in [6.07, 6.45) is 2.03. The molecule has 4 N–H and O–H groups in total. The summed E-state index contributed by atoms with van der Waals surface area (Å²) >= 11 is 3.32. The third-order valence-electron chi connectivity index (χ3n) is 1.95. The molecule has 2 nitrogen and oxygen atoms in total. The maximum absolute atomic E-state index is 5.86. The molecule has 0 spiro atoms. The summed E-state index contributed by atoms with van der Waals surface area (Å²) in [5.74, 6) is 0. The normalized spacial score (nSPS) is 10.8.